The molecule has 0 aliphatic heterocycles. The first-order valence-corrected chi connectivity index (χ1v) is 6.21. The minimum absolute atomic E-state index is 0.0110. The molecule has 0 amide bonds. The molecular weight excluding hydrogens is 188 g/mol. The number of hydrogen-bond donors (Lipinski definition) is 0. The first-order valence-electron chi connectivity index (χ1n) is 6.21. The summed E-state index contributed by atoms with van der Waals surface area (Å²) in [6, 6.07) is 0. The van der Waals surface area contributed by atoms with Gasteiger partial charge in [0, 0.05) is 0 Å². The summed E-state index contributed by atoms with van der Waals surface area (Å²) < 4.78 is 5.67. The molecule has 1 rings (SSSR count). The fourth-order valence-electron chi connectivity index (χ4n) is 2.45. The predicted molar refractivity (Wildman–Crippen MR) is 61.6 cm³/mol. The second-order valence-electron chi connectivity index (χ2n) is 5.34. The van der Waals surface area contributed by atoms with Crippen molar-refractivity contribution in [1.82, 2.24) is 0 Å². The van der Waals surface area contributed by atoms with E-state index in [1.165, 1.54) is 12.8 Å². The van der Waals surface area contributed by atoms with Crippen LogP contribution in [0.25, 0.3) is 0 Å². The van der Waals surface area contributed by atoms with Crippen LogP contribution >= 0.6 is 0 Å². The predicted octanol–water partition coefficient (Wildman–Crippen LogP) is 3.54. The first-order chi connectivity index (χ1) is 6.98. The van der Waals surface area contributed by atoms with Gasteiger partial charge in [-0.05, 0) is 44.9 Å². The van der Waals surface area contributed by atoms with Crippen molar-refractivity contribution in [3.8, 4) is 0 Å². The summed E-state index contributed by atoms with van der Waals surface area (Å²) in [5.74, 6) is 0.465. The van der Waals surface area contributed by atoms with Gasteiger partial charge in [0.25, 0.3) is 0 Å². The van der Waals surface area contributed by atoms with E-state index in [9.17, 15) is 4.79 Å². The lowest BCUT2D eigenvalue weighted by molar-refractivity contribution is -0.164. The van der Waals surface area contributed by atoms with E-state index in [2.05, 4.69) is 27.7 Å². The average molecular weight is 212 g/mol. The third-order valence-electron chi connectivity index (χ3n) is 3.56. The van der Waals surface area contributed by atoms with Crippen molar-refractivity contribution in [3.63, 3.8) is 0 Å². The molecule has 1 fully saturated rings. The molecule has 1 atom stereocenters. The number of esters is 1. The van der Waals surface area contributed by atoms with Gasteiger partial charge in [0.05, 0.1) is 5.92 Å². The summed E-state index contributed by atoms with van der Waals surface area (Å²) in [6.45, 7) is 8.31. The fourth-order valence-corrected chi connectivity index (χ4v) is 2.45. The Bertz CT molecular complexity index is 215. The molecule has 15 heavy (non-hydrogen) atoms. The highest BCUT2D eigenvalue weighted by atomic mass is 16.6. The van der Waals surface area contributed by atoms with Crippen molar-refractivity contribution in [1.29, 1.82) is 0 Å². The molecule has 0 radical (unpaired) electrons. The summed E-state index contributed by atoms with van der Waals surface area (Å²) in [7, 11) is 0. The van der Waals surface area contributed by atoms with Gasteiger partial charge < -0.3 is 4.74 Å². The molecule has 0 bridgehead atoms. The molecule has 0 N–H and O–H groups in total. The molecule has 2 heteroatoms. The molecule has 0 spiro atoms. The number of carbonyl (C=O) groups excluding carboxylic acids is 1. The minimum Gasteiger partial charge on any atom is -0.459 e. The standard InChI is InChI=1S/C13H24O2/c1-5-11(10(2)3)12(14)15-13(4)8-6-7-9-13/h10-11H,5-9H2,1-4H3. The molecule has 2 nitrogen and oxygen atoms in total. The van der Waals surface area contributed by atoms with Gasteiger partial charge >= 0.3 is 5.97 Å². The molecule has 1 saturated carbocycles. The van der Waals surface area contributed by atoms with Crippen LogP contribution in [0.4, 0.5) is 0 Å². The van der Waals surface area contributed by atoms with Gasteiger partial charge in [0.2, 0.25) is 0 Å². The number of hydrogen-bond acceptors (Lipinski definition) is 2. The number of ether oxygens (including phenoxy) is 1. The molecule has 0 aromatic heterocycles. The second kappa shape index (κ2) is 5.00. The second-order valence-corrected chi connectivity index (χ2v) is 5.34. The van der Waals surface area contributed by atoms with E-state index < -0.39 is 0 Å². The van der Waals surface area contributed by atoms with Crippen molar-refractivity contribution in [2.75, 3.05) is 0 Å². The van der Waals surface area contributed by atoms with E-state index in [0.29, 0.717) is 5.92 Å². The van der Waals surface area contributed by atoms with E-state index in [1.807, 2.05) is 0 Å². The monoisotopic (exact) mass is 212 g/mol. The van der Waals surface area contributed by atoms with Crippen molar-refractivity contribution in [2.45, 2.75) is 65.4 Å². The Morgan fingerprint density at radius 3 is 2.27 bits per heavy atom. The van der Waals surface area contributed by atoms with Crippen LogP contribution in [0.5, 0.6) is 0 Å². The molecule has 1 unspecified atom stereocenters. The summed E-state index contributed by atoms with van der Waals surface area (Å²) in [5, 5.41) is 0. The Hall–Kier alpha value is -0.530. The number of rotatable bonds is 4. The number of carbonyl (C=O) groups is 1. The van der Waals surface area contributed by atoms with Crippen LogP contribution in [-0.4, -0.2) is 11.6 Å². The molecule has 1 aliphatic carbocycles. The maximum Gasteiger partial charge on any atom is 0.309 e. The maximum atomic E-state index is 12.0. The third kappa shape index (κ3) is 3.22. The molecule has 0 aromatic rings. The Morgan fingerprint density at radius 1 is 1.33 bits per heavy atom. The SMILES string of the molecule is CCC(C(=O)OC1(C)CCCC1)C(C)C. The zero-order chi connectivity index (χ0) is 11.5. The molecular formula is C13H24O2. The van der Waals surface area contributed by atoms with Crippen LogP contribution in [0.3, 0.4) is 0 Å². The van der Waals surface area contributed by atoms with Crippen molar-refractivity contribution >= 4 is 5.97 Å². The zero-order valence-electron chi connectivity index (χ0n) is 10.5. The Morgan fingerprint density at radius 2 is 1.87 bits per heavy atom. The van der Waals surface area contributed by atoms with Gasteiger partial charge in [-0.1, -0.05) is 20.8 Å². The molecule has 0 aromatic carbocycles. The van der Waals surface area contributed by atoms with E-state index in [1.54, 1.807) is 0 Å². The van der Waals surface area contributed by atoms with Crippen molar-refractivity contribution < 1.29 is 9.53 Å². The van der Waals surface area contributed by atoms with E-state index in [0.717, 1.165) is 19.3 Å². The highest BCUT2D eigenvalue weighted by molar-refractivity contribution is 5.73. The quantitative estimate of drug-likeness (QED) is 0.666. The highest BCUT2D eigenvalue weighted by Crippen LogP contribution is 2.34. The Kier molecular flexibility index (Phi) is 4.18. The van der Waals surface area contributed by atoms with Gasteiger partial charge in [0.1, 0.15) is 5.60 Å². The normalized spacial score (nSPS) is 21.7. The van der Waals surface area contributed by atoms with Crippen molar-refractivity contribution in [2.24, 2.45) is 11.8 Å². The van der Waals surface area contributed by atoms with Crippen LogP contribution in [0.2, 0.25) is 0 Å². The largest absolute Gasteiger partial charge is 0.459 e. The van der Waals surface area contributed by atoms with Gasteiger partial charge in [-0.25, -0.2) is 0 Å². The summed E-state index contributed by atoms with van der Waals surface area (Å²) in [5.41, 5.74) is -0.167. The Balaban J connectivity index is 2.53. The lowest BCUT2D eigenvalue weighted by Gasteiger charge is -2.28. The van der Waals surface area contributed by atoms with Crippen LogP contribution in [0.15, 0.2) is 0 Å². The van der Waals surface area contributed by atoms with E-state index in [-0.39, 0.29) is 17.5 Å². The van der Waals surface area contributed by atoms with Crippen LogP contribution in [-0.2, 0) is 9.53 Å². The summed E-state index contributed by atoms with van der Waals surface area (Å²) in [4.78, 5) is 12.0. The van der Waals surface area contributed by atoms with Gasteiger partial charge in [-0.3, -0.25) is 4.79 Å². The maximum absolute atomic E-state index is 12.0. The third-order valence-corrected chi connectivity index (χ3v) is 3.56. The van der Waals surface area contributed by atoms with Crippen LogP contribution < -0.4 is 0 Å². The van der Waals surface area contributed by atoms with E-state index >= 15 is 0 Å². The van der Waals surface area contributed by atoms with Crippen LogP contribution in [0, 0.1) is 11.8 Å². The zero-order valence-corrected chi connectivity index (χ0v) is 10.5. The Labute approximate surface area is 93.4 Å². The summed E-state index contributed by atoms with van der Waals surface area (Å²) >= 11 is 0. The topological polar surface area (TPSA) is 26.3 Å². The molecule has 0 saturated heterocycles. The lowest BCUT2D eigenvalue weighted by atomic mass is 9.93. The van der Waals surface area contributed by atoms with Crippen LogP contribution in [0.1, 0.15) is 59.8 Å². The fraction of sp³-hybridized carbons (Fsp3) is 0.923. The molecule has 88 valence electrons. The van der Waals surface area contributed by atoms with E-state index in [4.69, 9.17) is 4.74 Å². The van der Waals surface area contributed by atoms with Gasteiger partial charge in [0.15, 0.2) is 0 Å². The molecule has 0 heterocycles. The molecule has 1 aliphatic rings. The summed E-state index contributed by atoms with van der Waals surface area (Å²) in [6.07, 6.45) is 5.34. The van der Waals surface area contributed by atoms with Gasteiger partial charge in [-0.2, -0.15) is 0 Å². The minimum atomic E-state index is -0.167. The van der Waals surface area contributed by atoms with Gasteiger partial charge in [-0.15, -0.1) is 0 Å². The lowest BCUT2D eigenvalue weighted by Crippen LogP contribution is -2.33. The smallest absolute Gasteiger partial charge is 0.309 e. The average Bonchev–Trinajstić information content (AvgIpc) is 2.51. The first kappa shape index (κ1) is 12.5. The van der Waals surface area contributed by atoms with Crippen molar-refractivity contribution in [3.05, 3.63) is 0 Å². The highest BCUT2D eigenvalue weighted by Gasteiger charge is 2.35.